The zero-order chi connectivity index (χ0) is 91.1. The molecule has 0 amide bonds. The maximum atomic E-state index is 6.46. The first kappa shape index (κ1) is 80.5. The quantitative estimate of drug-likeness (QED) is 0.0904. The molecule has 0 radical (unpaired) electrons. The maximum absolute atomic E-state index is 6.46. The number of nitrogens with zero attached hydrogens (tertiary/aromatic N) is 4. The molecule has 0 aliphatic heterocycles. The van der Waals surface area contributed by atoms with E-state index in [4.69, 9.17) is 8.83 Å². The molecule has 0 N–H and O–H groups in total. The van der Waals surface area contributed by atoms with Gasteiger partial charge in [0.1, 0.15) is 22.3 Å². The van der Waals surface area contributed by atoms with E-state index >= 15 is 0 Å². The van der Waals surface area contributed by atoms with Gasteiger partial charge in [0.05, 0.1) is 39.1 Å². The van der Waals surface area contributed by atoms with Crippen molar-refractivity contribution < 1.29 is 8.83 Å². The van der Waals surface area contributed by atoms with Crippen molar-refractivity contribution in [1.82, 2.24) is 9.13 Å². The number of benzene rings is 23. The molecule has 27 rings (SSSR count). The largest absolute Gasteiger partial charge is 0.456 e. The Labute approximate surface area is 798 Å². The maximum Gasteiger partial charge on any atom is 0.136 e. The standard InChI is InChI=1S/C68H44N2O.C64H42N2O/c1-2-20-52-49(17-1)44-61(54-22-4-3-21-53(52)54)58-26-8-13-32-65(58)70(64-31-12-7-25-57(64)59-28-16-34-67-68(59)60-27-9-14-33-66(60)71-67)51-41-37-46(38-42-51)48-19-15-18-47(43-48)45-35-39-50(40-36-45)69-62-29-10-5-23-55(62)56-24-6-11-30-63(56)69;1-2-14-47-42-50(28-27-43(47)13-1)46-31-37-52(38-32-46)65(59-22-7-5-19-56(59)57-21-12-26-63-64(57)58-20-6-10-25-62(58)67-63)51-35-29-44(30-36-51)48-15-11-16-49(41-48)45-33-39-53(40-34-45)66-60-23-8-3-17-54(60)55-18-4-9-24-61(55)66/h1-44H;1-42H. The van der Waals surface area contributed by atoms with Gasteiger partial charge in [-0.25, -0.2) is 0 Å². The minimum absolute atomic E-state index is 0.874. The fourth-order valence-corrected chi connectivity index (χ4v) is 21.3. The van der Waals surface area contributed by atoms with E-state index in [0.29, 0.717) is 0 Å². The topological polar surface area (TPSA) is 42.6 Å². The van der Waals surface area contributed by atoms with Gasteiger partial charge in [0, 0.05) is 88.2 Å². The van der Waals surface area contributed by atoms with Gasteiger partial charge in [-0.15, -0.1) is 0 Å². The molecule has 23 aromatic carbocycles. The lowest BCUT2D eigenvalue weighted by Gasteiger charge is -2.30. The zero-order valence-electron chi connectivity index (χ0n) is 75.3. The van der Waals surface area contributed by atoms with Crippen molar-refractivity contribution in [2.45, 2.75) is 0 Å². The van der Waals surface area contributed by atoms with Crippen LogP contribution in [0.2, 0.25) is 0 Å². The van der Waals surface area contributed by atoms with Crippen LogP contribution < -0.4 is 9.80 Å². The van der Waals surface area contributed by atoms with Crippen LogP contribution >= 0.6 is 0 Å². The summed E-state index contributed by atoms with van der Waals surface area (Å²) < 4.78 is 17.6. The number of rotatable bonds is 16. The van der Waals surface area contributed by atoms with Gasteiger partial charge < -0.3 is 27.8 Å². The van der Waals surface area contributed by atoms with Crippen molar-refractivity contribution in [3.8, 4) is 100 Å². The minimum atomic E-state index is 0.874. The Balaban J connectivity index is 0.000000143. The normalized spacial score (nSPS) is 11.6. The van der Waals surface area contributed by atoms with E-state index in [1.807, 2.05) is 12.1 Å². The molecule has 0 atom stereocenters. The highest BCUT2D eigenvalue weighted by Gasteiger charge is 2.27. The average Bonchev–Trinajstić information content (AvgIpc) is 0.863. The molecular formula is C132H86N4O2. The Bertz CT molecular complexity index is 9300. The Morgan fingerprint density at radius 2 is 0.442 bits per heavy atom. The van der Waals surface area contributed by atoms with Gasteiger partial charge in [0.15, 0.2) is 0 Å². The fourth-order valence-electron chi connectivity index (χ4n) is 21.3. The molecule has 646 valence electrons. The fraction of sp³-hybridized carbons (Fsp3) is 0. The molecule has 27 aromatic rings. The molecule has 0 spiro atoms. The molecule has 0 unspecified atom stereocenters. The first-order valence-electron chi connectivity index (χ1n) is 47.2. The summed E-state index contributed by atoms with van der Waals surface area (Å²) in [5, 5.41) is 16.9. The van der Waals surface area contributed by atoms with Gasteiger partial charge in [-0.05, 0) is 256 Å². The van der Waals surface area contributed by atoms with Crippen LogP contribution in [0.15, 0.2) is 531 Å². The van der Waals surface area contributed by atoms with Crippen molar-refractivity contribution in [2.75, 3.05) is 9.80 Å². The molecule has 0 bridgehead atoms. The van der Waals surface area contributed by atoms with Crippen LogP contribution in [-0.4, -0.2) is 9.13 Å². The van der Waals surface area contributed by atoms with Gasteiger partial charge in [0.25, 0.3) is 0 Å². The van der Waals surface area contributed by atoms with Crippen molar-refractivity contribution >= 4 is 154 Å². The monoisotopic (exact) mass is 1760 g/mol. The Hall–Kier alpha value is -18.4. The number of hydrogen-bond acceptors (Lipinski definition) is 4. The van der Waals surface area contributed by atoms with Crippen LogP contribution in [0.5, 0.6) is 0 Å². The summed E-state index contributed by atoms with van der Waals surface area (Å²) in [6.45, 7) is 0. The number of para-hydroxylation sites is 9. The second kappa shape index (κ2) is 34.0. The van der Waals surface area contributed by atoms with E-state index in [9.17, 15) is 0 Å². The summed E-state index contributed by atoms with van der Waals surface area (Å²) in [7, 11) is 0. The summed E-state index contributed by atoms with van der Waals surface area (Å²) in [5.74, 6) is 0. The summed E-state index contributed by atoms with van der Waals surface area (Å²) in [6.07, 6.45) is 0. The number of anilines is 6. The van der Waals surface area contributed by atoms with Crippen molar-refractivity contribution in [1.29, 1.82) is 0 Å². The SMILES string of the molecule is c1cc(-c2ccc(N(c3ccc(-c4ccc5ccccc5c4)cc3)c3ccccc3-c3cccc4oc5ccccc5c34)cc2)cc(-c2ccc(-n3c4ccccc4c4ccccc43)cc2)c1.c1cc(-c2ccc(N(c3ccccc3-c3cc4ccccc4c4ccccc34)c3ccccc3-c3cccc4oc5ccccc5c34)cc2)cc(-c2ccc(-n3c4ccccc4c4ccccc43)cc2)c1. The molecule has 0 saturated carbocycles. The first-order valence-corrected chi connectivity index (χ1v) is 47.2. The van der Waals surface area contributed by atoms with Crippen molar-refractivity contribution in [2.24, 2.45) is 0 Å². The lowest BCUT2D eigenvalue weighted by Crippen LogP contribution is -2.12. The van der Waals surface area contributed by atoms with E-state index < -0.39 is 0 Å². The minimum Gasteiger partial charge on any atom is -0.456 e. The molecule has 4 aromatic heterocycles. The van der Waals surface area contributed by atoms with Gasteiger partial charge in [-0.2, -0.15) is 0 Å². The van der Waals surface area contributed by atoms with Crippen LogP contribution in [-0.2, 0) is 0 Å². The van der Waals surface area contributed by atoms with Crippen LogP contribution in [0.25, 0.3) is 220 Å². The average molecular weight is 1760 g/mol. The van der Waals surface area contributed by atoms with Crippen LogP contribution in [0.1, 0.15) is 0 Å². The summed E-state index contributed by atoms with van der Waals surface area (Å²) in [4.78, 5) is 4.84. The molecule has 4 heterocycles. The summed E-state index contributed by atoms with van der Waals surface area (Å²) >= 11 is 0. The van der Waals surface area contributed by atoms with E-state index in [2.05, 4.69) is 529 Å². The van der Waals surface area contributed by atoms with Crippen LogP contribution in [0.3, 0.4) is 0 Å². The molecular weight excluding hydrogens is 1670 g/mol. The van der Waals surface area contributed by atoms with Gasteiger partial charge in [0.2, 0.25) is 0 Å². The van der Waals surface area contributed by atoms with Crippen LogP contribution in [0, 0.1) is 0 Å². The molecule has 6 nitrogen and oxygen atoms in total. The van der Waals surface area contributed by atoms with E-state index in [0.717, 1.165) is 134 Å². The molecule has 0 fully saturated rings. The van der Waals surface area contributed by atoms with E-state index in [1.165, 1.54) is 120 Å². The predicted octanol–water partition coefficient (Wildman–Crippen LogP) is 37.1. The van der Waals surface area contributed by atoms with Gasteiger partial charge in [-0.3, -0.25) is 0 Å². The highest BCUT2D eigenvalue weighted by molar-refractivity contribution is 6.19. The third kappa shape index (κ3) is 14.1. The molecule has 138 heavy (non-hydrogen) atoms. The smallest absolute Gasteiger partial charge is 0.136 e. The number of fused-ring (bicyclic) bond motifs is 16. The molecule has 6 heteroatoms. The zero-order valence-corrected chi connectivity index (χ0v) is 75.3. The summed E-state index contributed by atoms with van der Waals surface area (Å²) in [6, 6.07) is 189. The third-order valence-electron chi connectivity index (χ3n) is 27.8. The second-order valence-corrected chi connectivity index (χ2v) is 35.7. The van der Waals surface area contributed by atoms with E-state index in [1.54, 1.807) is 0 Å². The first-order chi connectivity index (χ1) is 68.4. The Morgan fingerprint density at radius 3 is 0.877 bits per heavy atom. The van der Waals surface area contributed by atoms with E-state index in [-0.39, 0.29) is 0 Å². The highest BCUT2D eigenvalue weighted by Crippen LogP contribution is 2.52. The van der Waals surface area contributed by atoms with Crippen molar-refractivity contribution in [3.05, 3.63) is 522 Å². The van der Waals surface area contributed by atoms with Gasteiger partial charge in [-0.1, -0.05) is 370 Å². The third-order valence-corrected chi connectivity index (χ3v) is 27.8. The predicted molar refractivity (Wildman–Crippen MR) is 581 cm³/mol. The molecule has 0 aliphatic carbocycles. The second-order valence-electron chi connectivity index (χ2n) is 35.7. The Kier molecular flexibility index (Phi) is 19.9. The number of hydrogen-bond donors (Lipinski definition) is 0. The molecule has 0 aliphatic rings. The molecule has 0 saturated heterocycles. The van der Waals surface area contributed by atoms with Crippen molar-refractivity contribution in [3.63, 3.8) is 0 Å². The summed E-state index contributed by atoms with van der Waals surface area (Å²) in [5.41, 5.74) is 35.6. The lowest BCUT2D eigenvalue weighted by atomic mass is 9.91. The highest BCUT2D eigenvalue weighted by atomic mass is 16.3. The number of furan rings is 2. The lowest BCUT2D eigenvalue weighted by molar-refractivity contribution is 0.668. The van der Waals surface area contributed by atoms with Crippen LogP contribution in [0.4, 0.5) is 34.1 Å². The van der Waals surface area contributed by atoms with Gasteiger partial charge >= 0.3 is 0 Å². The number of aromatic nitrogens is 2. The Morgan fingerprint density at radius 1 is 0.152 bits per heavy atom.